The van der Waals surface area contributed by atoms with Gasteiger partial charge in [-0.2, -0.15) is 0 Å². The topological polar surface area (TPSA) is 45.7 Å². The van der Waals surface area contributed by atoms with Crippen molar-refractivity contribution >= 4 is 39.2 Å². The maximum absolute atomic E-state index is 12.5. The number of nitrogens with zero attached hydrogens (tertiary/aromatic N) is 3. The highest BCUT2D eigenvalue weighted by molar-refractivity contribution is 8.01. The molecule has 0 bridgehead atoms. The molecule has 134 valence electrons. The quantitative estimate of drug-likeness (QED) is 0.750. The minimum absolute atomic E-state index is 0.223. The van der Waals surface area contributed by atoms with Crippen molar-refractivity contribution < 1.29 is 9.53 Å². The Morgan fingerprint density at radius 1 is 1.28 bits per heavy atom. The predicted molar refractivity (Wildman–Crippen MR) is 102 cm³/mol. The summed E-state index contributed by atoms with van der Waals surface area (Å²) in [5.74, 6) is 0.701. The molecule has 3 heterocycles. The van der Waals surface area contributed by atoms with Gasteiger partial charge in [-0.05, 0) is 25.0 Å². The Morgan fingerprint density at radius 2 is 2.12 bits per heavy atom. The van der Waals surface area contributed by atoms with Gasteiger partial charge in [-0.1, -0.05) is 23.9 Å². The number of thioether (sulfide) groups is 1. The minimum Gasteiger partial charge on any atom is -0.377 e. The van der Waals surface area contributed by atoms with Gasteiger partial charge in [-0.3, -0.25) is 9.69 Å². The van der Waals surface area contributed by atoms with Crippen LogP contribution in [0.1, 0.15) is 12.8 Å². The number of amides is 1. The molecule has 2 fully saturated rings. The maximum Gasteiger partial charge on any atom is 0.233 e. The third kappa shape index (κ3) is 4.34. The lowest BCUT2D eigenvalue weighted by atomic mass is 10.2. The highest BCUT2D eigenvalue weighted by atomic mass is 32.2. The van der Waals surface area contributed by atoms with Crippen molar-refractivity contribution in [2.75, 3.05) is 45.1 Å². The number of thiazole rings is 1. The zero-order valence-electron chi connectivity index (χ0n) is 14.2. The van der Waals surface area contributed by atoms with Gasteiger partial charge in [0.15, 0.2) is 4.34 Å². The van der Waals surface area contributed by atoms with E-state index in [2.05, 4.69) is 16.0 Å². The normalized spacial score (nSPS) is 21.9. The van der Waals surface area contributed by atoms with Crippen LogP contribution in [0.2, 0.25) is 0 Å². The number of fused-ring (bicyclic) bond motifs is 1. The molecule has 0 saturated carbocycles. The number of hydrogen-bond donors (Lipinski definition) is 0. The largest absolute Gasteiger partial charge is 0.377 e. The van der Waals surface area contributed by atoms with E-state index in [4.69, 9.17) is 4.74 Å². The number of carbonyl (C=O) groups excluding carboxylic acids is 1. The van der Waals surface area contributed by atoms with Crippen molar-refractivity contribution in [3.05, 3.63) is 24.3 Å². The number of carbonyl (C=O) groups is 1. The molecule has 1 unspecified atom stereocenters. The molecule has 2 aliphatic heterocycles. The number of benzene rings is 1. The van der Waals surface area contributed by atoms with Crippen molar-refractivity contribution in [3.63, 3.8) is 0 Å². The molecule has 2 aromatic rings. The summed E-state index contributed by atoms with van der Waals surface area (Å²) in [5.41, 5.74) is 1.02. The predicted octanol–water partition coefficient (Wildman–Crippen LogP) is 2.71. The highest BCUT2D eigenvalue weighted by Crippen LogP contribution is 2.29. The van der Waals surface area contributed by atoms with Crippen molar-refractivity contribution in [1.29, 1.82) is 0 Å². The molecule has 25 heavy (non-hydrogen) atoms. The van der Waals surface area contributed by atoms with E-state index < -0.39 is 0 Å². The lowest BCUT2D eigenvalue weighted by molar-refractivity contribution is -0.130. The zero-order valence-corrected chi connectivity index (χ0v) is 15.9. The summed E-state index contributed by atoms with van der Waals surface area (Å²) in [7, 11) is 0. The molecule has 2 saturated heterocycles. The van der Waals surface area contributed by atoms with E-state index in [9.17, 15) is 4.79 Å². The van der Waals surface area contributed by atoms with Crippen molar-refractivity contribution in [2.45, 2.75) is 23.3 Å². The first kappa shape index (κ1) is 17.3. The van der Waals surface area contributed by atoms with E-state index in [0.29, 0.717) is 11.9 Å². The summed E-state index contributed by atoms with van der Waals surface area (Å²) in [6.07, 6.45) is 2.76. The molecule has 1 amide bonds. The van der Waals surface area contributed by atoms with Gasteiger partial charge in [0.2, 0.25) is 5.91 Å². The molecule has 7 heteroatoms. The fourth-order valence-corrected chi connectivity index (χ4v) is 5.35. The van der Waals surface area contributed by atoms with Gasteiger partial charge in [0.25, 0.3) is 0 Å². The molecule has 0 radical (unpaired) electrons. The van der Waals surface area contributed by atoms with Gasteiger partial charge in [0.1, 0.15) is 0 Å². The van der Waals surface area contributed by atoms with Gasteiger partial charge in [0, 0.05) is 39.3 Å². The van der Waals surface area contributed by atoms with Crippen LogP contribution in [0.3, 0.4) is 0 Å². The molecular formula is C18H23N3O2S2. The van der Waals surface area contributed by atoms with Gasteiger partial charge in [-0.25, -0.2) is 4.98 Å². The number of aromatic nitrogens is 1. The van der Waals surface area contributed by atoms with E-state index in [-0.39, 0.29) is 5.91 Å². The number of ether oxygens (including phenoxy) is 1. The molecular weight excluding hydrogens is 354 g/mol. The van der Waals surface area contributed by atoms with Crippen molar-refractivity contribution in [3.8, 4) is 0 Å². The second-order valence-electron chi connectivity index (χ2n) is 6.55. The van der Waals surface area contributed by atoms with Crippen LogP contribution in [-0.2, 0) is 9.53 Å². The van der Waals surface area contributed by atoms with E-state index in [1.807, 2.05) is 23.1 Å². The number of hydrogen-bond acceptors (Lipinski definition) is 6. The van der Waals surface area contributed by atoms with Gasteiger partial charge < -0.3 is 9.64 Å². The van der Waals surface area contributed by atoms with Crippen LogP contribution in [-0.4, -0.2) is 71.9 Å². The first-order chi connectivity index (χ1) is 12.3. The summed E-state index contributed by atoms with van der Waals surface area (Å²) in [6, 6.07) is 8.12. The molecule has 5 nitrogen and oxygen atoms in total. The Morgan fingerprint density at radius 3 is 2.88 bits per heavy atom. The van der Waals surface area contributed by atoms with Gasteiger partial charge >= 0.3 is 0 Å². The Kier molecular flexibility index (Phi) is 5.55. The average molecular weight is 378 g/mol. The minimum atomic E-state index is 0.223. The number of rotatable bonds is 5. The van der Waals surface area contributed by atoms with Crippen LogP contribution >= 0.6 is 23.1 Å². The molecule has 0 N–H and O–H groups in total. The van der Waals surface area contributed by atoms with E-state index in [1.54, 1.807) is 23.1 Å². The maximum atomic E-state index is 12.5. The van der Waals surface area contributed by atoms with Gasteiger partial charge in [-0.15, -0.1) is 11.3 Å². The SMILES string of the molecule is O=C(CSc1nc2ccccc2s1)N1CCN(CC2CCCO2)CC1. The third-order valence-electron chi connectivity index (χ3n) is 4.80. The molecule has 4 rings (SSSR count). The highest BCUT2D eigenvalue weighted by Gasteiger charge is 2.25. The summed E-state index contributed by atoms with van der Waals surface area (Å²) in [5, 5.41) is 0. The second-order valence-corrected chi connectivity index (χ2v) is 8.81. The lowest BCUT2D eigenvalue weighted by Crippen LogP contribution is -2.50. The van der Waals surface area contributed by atoms with E-state index in [1.165, 1.54) is 17.5 Å². The standard InChI is InChI=1S/C18H23N3O2S2/c22-17(13-24-18-19-15-5-1-2-6-16(15)25-18)21-9-7-20(8-10-21)12-14-4-3-11-23-14/h1-2,5-6,14H,3-4,7-13H2. The van der Waals surface area contributed by atoms with Crippen LogP contribution in [0.4, 0.5) is 0 Å². The lowest BCUT2D eigenvalue weighted by Gasteiger charge is -2.35. The fourth-order valence-electron chi connectivity index (χ4n) is 3.38. The average Bonchev–Trinajstić information content (AvgIpc) is 3.29. The zero-order chi connectivity index (χ0) is 17.1. The Bertz CT molecular complexity index is 689. The van der Waals surface area contributed by atoms with Crippen LogP contribution < -0.4 is 0 Å². The number of piperazine rings is 1. The molecule has 0 spiro atoms. The molecule has 2 aliphatic rings. The van der Waals surface area contributed by atoms with Crippen LogP contribution in [0.25, 0.3) is 10.2 Å². The first-order valence-corrected chi connectivity index (χ1v) is 10.7. The molecule has 1 aromatic carbocycles. The van der Waals surface area contributed by atoms with Crippen LogP contribution in [0.5, 0.6) is 0 Å². The Balaban J connectivity index is 1.23. The Hall–Kier alpha value is -1.15. The third-order valence-corrected chi connectivity index (χ3v) is 6.97. The van der Waals surface area contributed by atoms with Gasteiger partial charge in [0.05, 0.1) is 22.1 Å². The molecule has 0 aliphatic carbocycles. The van der Waals surface area contributed by atoms with Crippen molar-refractivity contribution in [1.82, 2.24) is 14.8 Å². The summed E-state index contributed by atoms with van der Waals surface area (Å²) in [4.78, 5) is 21.5. The smallest absolute Gasteiger partial charge is 0.233 e. The summed E-state index contributed by atoms with van der Waals surface area (Å²) >= 11 is 3.22. The van der Waals surface area contributed by atoms with Crippen LogP contribution in [0.15, 0.2) is 28.6 Å². The fraction of sp³-hybridized carbons (Fsp3) is 0.556. The van der Waals surface area contributed by atoms with Crippen molar-refractivity contribution in [2.24, 2.45) is 0 Å². The first-order valence-electron chi connectivity index (χ1n) is 8.88. The summed E-state index contributed by atoms with van der Waals surface area (Å²) in [6.45, 7) is 5.49. The van der Waals surface area contributed by atoms with E-state index >= 15 is 0 Å². The Labute approximate surface area is 156 Å². The molecule has 1 aromatic heterocycles. The van der Waals surface area contributed by atoms with E-state index in [0.717, 1.165) is 49.2 Å². The molecule has 1 atom stereocenters. The second kappa shape index (κ2) is 8.03. The van der Waals surface area contributed by atoms with Crippen LogP contribution in [0, 0.1) is 0 Å². The number of para-hydroxylation sites is 1. The summed E-state index contributed by atoms with van der Waals surface area (Å²) < 4.78 is 7.87. The monoisotopic (exact) mass is 377 g/mol.